The quantitative estimate of drug-likeness (QED) is 0.464. The summed E-state index contributed by atoms with van der Waals surface area (Å²) < 4.78 is 0. The lowest BCUT2D eigenvalue weighted by Gasteiger charge is -2.31. The van der Waals surface area contributed by atoms with Gasteiger partial charge in [-0.3, -0.25) is 9.59 Å². The van der Waals surface area contributed by atoms with E-state index in [0.717, 1.165) is 0 Å². The van der Waals surface area contributed by atoms with Crippen LogP contribution in [0.25, 0.3) is 0 Å². The summed E-state index contributed by atoms with van der Waals surface area (Å²) in [4.78, 5) is 55.4. The van der Waals surface area contributed by atoms with Gasteiger partial charge < -0.3 is 20.0 Å². The maximum atomic E-state index is 14.0. The molecule has 0 saturated carbocycles. The van der Waals surface area contributed by atoms with Gasteiger partial charge in [0.1, 0.15) is 0 Å². The predicted octanol–water partition coefficient (Wildman–Crippen LogP) is 4.23. The Kier molecular flexibility index (Phi) is 6.46. The van der Waals surface area contributed by atoms with Crippen LogP contribution in [0.5, 0.6) is 0 Å². The molecule has 0 saturated heterocycles. The maximum absolute atomic E-state index is 14.0. The van der Waals surface area contributed by atoms with E-state index in [9.17, 15) is 29.4 Å². The van der Waals surface area contributed by atoms with Gasteiger partial charge in [-0.2, -0.15) is 0 Å². The number of nitrogens with zero attached hydrogens (tertiary/aromatic N) is 2. The van der Waals surface area contributed by atoms with Gasteiger partial charge in [-0.05, 0) is 37.1 Å². The molecule has 0 heterocycles. The zero-order valence-corrected chi connectivity index (χ0v) is 21.6. The molecule has 2 N–H and O–H groups in total. The Morgan fingerprint density at radius 3 is 1.20 bits per heavy atom. The average molecular weight is 537 g/mol. The Hall–Kier alpha value is -4.72. The third kappa shape index (κ3) is 4.25. The summed E-state index contributed by atoms with van der Waals surface area (Å²) in [6.45, 7) is 0.168. The molecule has 202 valence electrons. The summed E-state index contributed by atoms with van der Waals surface area (Å²) in [6.07, 6.45) is 8.65. The molecule has 2 aromatic carbocycles. The number of carbonyl (C=O) groups is 4. The first-order valence-corrected chi connectivity index (χ1v) is 13.4. The minimum absolute atomic E-state index is 0.0839. The van der Waals surface area contributed by atoms with E-state index in [1.54, 1.807) is 48.5 Å². The first kappa shape index (κ1) is 25.6. The highest BCUT2D eigenvalue weighted by atomic mass is 16.4. The number of fused-ring (bicyclic) bond motifs is 4. The topological polar surface area (TPSA) is 115 Å². The second-order valence-corrected chi connectivity index (χ2v) is 10.5. The molecule has 6 rings (SSSR count). The number of carboxylic acids is 2. The number of benzene rings is 2. The van der Waals surface area contributed by atoms with Crippen molar-refractivity contribution in [1.29, 1.82) is 0 Å². The second-order valence-electron chi connectivity index (χ2n) is 10.5. The molecule has 0 fully saturated rings. The molecule has 2 amide bonds. The maximum Gasteiger partial charge on any atom is 0.332 e. The highest BCUT2D eigenvalue weighted by Gasteiger charge is 2.45. The SMILES string of the molecule is O=C(O)C1=C(C(=O)N(CCN(C(=O)C2=C(C(=O)O)C3C=CC2C3)c2ccccc2)c2ccccc2)C2C=CC1C2. The van der Waals surface area contributed by atoms with Gasteiger partial charge >= 0.3 is 11.9 Å². The van der Waals surface area contributed by atoms with Crippen molar-refractivity contribution < 1.29 is 29.4 Å². The summed E-state index contributed by atoms with van der Waals surface area (Å²) in [7, 11) is 0. The van der Waals surface area contributed by atoms with Gasteiger partial charge in [0.25, 0.3) is 11.8 Å². The van der Waals surface area contributed by atoms with Gasteiger partial charge in [-0.1, -0.05) is 60.7 Å². The number of carboxylic acid groups (broad SMARTS) is 2. The van der Waals surface area contributed by atoms with E-state index in [1.807, 2.05) is 36.4 Å². The number of para-hydroxylation sites is 2. The van der Waals surface area contributed by atoms with Crippen LogP contribution in [0.1, 0.15) is 12.8 Å². The highest BCUT2D eigenvalue weighted by Crippen LogP contribution is 2.46. The fourth-order valence-electron chi connectivity index (χ4n) is 6.55. The highest BCUT2D eigenvalue weighted by molar-refractivity contribution is 6.13. The van der Waals surface area contributed by atoms with Gasteiger partial charge in [0.15, 0.2) is 0 Å². The number of hydrogen-bond donors (Lipinski definition) is 2. The lowest BCUT2D eigenvalue weighted by molar-refractivity contribution is -0.134. The number of carbonyl (C=O) groups excluding carboxylic acids is 2. The van der Waals surface area contributed by atoms with Crippen LogP contribution < -0.4 is 9.80 Å². The molecule has 8 heteroatoms. The van der Waals surface area contributed by atoms with Crippen LogP contribution in [0, 0.1) is 23.7 Å². The van der Waals surface area contributed by atoms with Crippen molar-refractivity contribution in [1.82, 2.24) is 0 Å². The second kappa shape index (κ2) is 10.1. The van der Waals surface area contributed by atoms with Crippen LogP contribution in [0.2, 0.25) is 0 Å². The van der Waals surface area contributed by atoms with Gasteiger partial charge in [0, 0.05) is 59.3 Å². The molecule has 0 aliphatic heterocycles. The van der Waals surface area contributed by atoms with Crippen molar-refractivity contribution in [3.63, 3.8) is 0 Å². The Bertz CT molecular complexity index is 1410. The van der Waals surface area contributed by atoms with Crippen molar-refractivity contribution in [3.05, 3.63) is 107 Å². The predicted molar refractivity (Wildman–Crippen MR) is 148 cm³/mol. The standard InChI is InChI=1S/C32H28N2O6/c35-29(25-19-11-13-21(17-19)27(25)31(37)38)33(23-7-3-1-4-8-23)15-16-34(24-9-5-2-6-10-24)30(36)26-20-12-14-22(18-20)28(26)32(39)40/h1-14,19-22H,15-18H2,(H,37,38)(H,39,40). The summed E-state index contributed by atoms with van der Waals surface area (Å²) in [5.41, 5.74) is 2.03. The lowest BCUT2D eigenvalue weighted by Crippen LogP contribution is -2.43. The first-order chi connectivity index (χ1) is 19.3. The molecule has 0 spiro atoms. The summed E-state index contributed by atoms with van der Waals surface area (Å²) in [5, 5.41) is 19.8. The molecule has 4 aliphatic carbocycles. The molecule has 4 unspecified atom stereocenters. The van der Waals surface area contributed by atoms with E-state index in [4.69, 9.17) is 0 Å². The fourth-order valence-corrected chi connectivity index (χ4v) is 6.55. The van der Waals surface area contributed by atoms with Crippen LogP contribution in [0.3, 0.4) is 0 Å². The van der Waals surface area contributed by atoms with Crippen LogP contribution in [0.4, 0.5) is 11.4 Å². The number of anilines is 2. The van der Waals surface area contributed by atoms with E-state index in [2.05, 4.69) is 0 Å². The van der Waals surface area contributed by atoms with Crippen LogP contribution >= 0.6 is 0 Å². The zero-order valence-electron chi connectivity index (χ0n) is 21.6. The summed E-state index contributed by atoms with van der Waals surface area (Å²) >= 11 is 0. The number of hydrogen-bond acceptors (Lipinski definition) is 4. The van der Waals surface area contributed by atoms with Crippen molar-refractivity contribution in [2.24, 2.45) is 23.7 Å². The number of rotatable bonds is 9. The minimum atomic E-state index is -1.09. The van der Waals surface area contributed by atoms with Crippen molar-refractivity contribution in [2.75, 3.05) is 22.9 Å². The Morgan fingerprint density at radius 2 is 0.875 bits per heavy atom. The summed E-state index contributed by atoms with van der Waals surface area (Å²) in [5.74, 6) is -4.05. The minimum Gasteiger partial charge on any atom is -0.478 e. The Morgan fingerprint density at radius 1 is 0.550 bits per heavy atom. The van der Waals surface area contributed by atoms with Gasteiger partial charge in [-0.25, -0.2) is 9.59 Å². The van der Waals surface area contributed by atoms with Crippen LogP contribution in [-0.2, 0) is 19.2 Å². The molecule has 4 bridgehead atoms. The molecule has 2 aromatic rings. The van der Waals surface area contributed by atoms with E-state index in [0.29, 0.717) is 24.2 Å². The lowest BCUT2D eigenvalue weighted by atomic mass is 9.95. The van der Waals surface area contributed by atoms with Crippen LogP contribution in [-0.4, -0.2) is 47.1 Å². The zero-order chi connectivity index (χ0) is 28.0. The number of amides is 2. The third-order valence-corrected chi connectivity index (χ3v) is 8.33. The van der Waals surface area contributed by atoms with E-state index in [-0.39, 0.29) is 59.1 Å². The average Bonchev–Trinajstić information content (AvgIpc) is 3.76. The molecule has 0 radical (unpaired) electrons. The monoisotopic (exact) mass is 536 g/mol. The summed E-state index contributed by atoms with van der Waals surface area (Å²) in [6, 6.07) is 18.0. The van der Waals surface area contributed by atoms with Gasteiger partial charge in [0.05, 0.1) is 11.1 Å². The largest absolute Gasteiger partial charge is 0.478 e. The third-order valence-electron chi connectivity index (χ3n) is 8.33. The number of aliphatic carboxylic acids is 2. The molecule has 40 heavy (non-hydrogen) atoms. The number of allylic oxidation sites excluding steroid dienone is 4. The van der Waals surface area contributed by atoms with E-state index < -0.39 is 23.8 Å². The fraction of sp³-hybridized carbons (Fsp3) is 0.250. The molecular weight excluding hydrogens is 508 g/mol. The van der Waals surface area contributed by atoms with Gasteiger partial charge in [0.2, 0.25) is 0 Å². The normalized spacial score (nSPS) is 23.7. The molecule has 8 nitrogen and oxygen atoms in total. The van der Waals surface area contributed by atoms with E-state index >= 15 is 0 Å². The molecule has 4 atom stereocenters. The Labute approximate surface area is 231 Å². The molecule has 0 aromatic heterocycles. The Balaban J connectivity index is 1.35. The smallest absolute Gasteiger partial charge is 0.332 e. The van der Waals surface area contributed by atoms with E-state index in [1.165, 1.54) is 9.80 Å². The van der Waals surface area contributed by atoms with Crippen LogP contribution in [0.15, 0.2) is 107 Å². The first-order valence-electron chi connectivity index (χ1n) is 13.4. The van der Waals surface area contributed by atoms with Crippen molar-refractivity contribution in [3.8, 4) is 0 Å². The molecular formula is C32H28N2O6. The van der Waals surface area contributed by atoms with Crippen molar-refractivity contribution in [2.45, 2.75) is 12.8 Å². The van der Waals surface area contributed by atoms with Crippen molar-refractivity contribution >= 4 is 35.1 Å². The van der Waals surface area contributed by atoms with Gasteiger partial charge in [-0.15, -0.1) is 0 Å². The molecule has 4 aliphatic rings.